The largest absolute Gasteiger partial charge is 0.497 e. The highest BCUT2D eigenvalue weighted by molar-refractivity contribution is 5.90. The molecule has 0 spiro atoms. The second-order valence-corrected chi connectivity index (χ2v) is 8.97. The van der Waals surface area contributed by atoms with E-state index in [1.54, 1.807) is 36.1 Å². The van der Waals surface area contributed by atoms with Crippen LogP contribution in [0, 0.1) is 0 Å². The number of aromatic nitrogens is 2. The van der Waals surface area contributed by atoms with Crippen molar-refractivity contribution in [3.05, 3.63) is 71.0 Å². The van der Waals surface area contributed by atoms with Gasteiger partial charge in [0.15, 0.2) is 0 Å². The van der Waals surface area contributed by atoms with Crippen LogP contribution in [0.1, 0.15) is 59.4 Å². The van der Waals surface area contributed by atoms with E-state index >= 15 is 0 Å². The van der Waals surface area contributed by atoms with Crippen molar-refractivity contribution >= 4 is 11.7 Å². The number of halogens is 5. The highest BCUT2D eigenvalue weighted by atomic mass is 19.4. The number of hydrogen-bond acceptors (Lipinski definition) is 6. The van der Waals surface area contributed by atoms with E-state index in [-0.39, 0.29) is 36.8 Å². The minimum absolute atomic E-state index is 0.0126. The van der Waals surface area contributed by atoms with Gasteiger partial charge in [0.25, 0.3) is 6.43 Å². The predicted octanol–water partition coefficient (Wildman–Crippen LogP) is 6.45. The maximum Gasteiger partial charge on any atom is 0.416 e. The molecule has 0 bridgehead atoms. The molecule has 1 aliphatic heterocycles. The zero-order chi connectivity index (χ0) is 28.2. The monoisotopic (exact) mass is 553 g/mol. The van der Waals surface area contributed by atoms with E-state index in [1.165, 1.54) is 13.2 Å². The van der Waals surface area contributed by atoms with Crippen LogP contribution in [0.4, 0.5) is 27.6 Å². The molecule has 4 rings (SSSR count). The lowest BCUT2D eigenvalue weighted by Gasteiger charge is -2.36. The number of methoxy groups -OCH3 is 1. The number of anilines is 1. The molecule has 0 amide bonds. The second-order valence-electron chi connectivity index (χ2n) is 8.97. The number of ether oxygens (including phenoxy) is 3. The van der Waals surface area contributed by atoms with Crippen LogP contribution < -0.4 is 14.4 Å². The van der Waals surface area contributed by atoms with Gasteiger partial charge in [-0.2, -0.15) is 18.3 Å². The molecule has 0 N–H and O–H groups in total. The smallest absolute Gasteiger partial charge is 0.416 e. The summed E-state index contributed by atoms with van der Waals surface area (Å²) in [4.78, 5) is 13.9. The number of carbonyl (C=O) groups is 1. The number of benzene rings is 2. The van der Waals surface area contributed by atoms with Gasteiger partial charge in [0.05, 0.1) is 37.2 Å². The first kappa shape index (κ1) is 28.2. The lowest BCUT2D eigenvalue weighted by molar-refractivity contribution is -0.137. The number of esters is 1. The van der Waals surface area contributed by atoms with Crippen molar-refractivity contribution in [2.45, 2.75) is 45.0 Å². The molecule has 39 heavy (non-hydrogen) atoms. The molecule has 2 heterocycles. The van der Waals surface area contributed by atoms with Gasteiger partial charge < -0.3 is 19.1 Å². The molecule has 7 nitrogen and oxygen atoms in total. The van der Waals surface area contributed by atoms with Gasteiger partial charge in [-0.25, -0.2) is 13.6 Å². The summed E-state index contributed by atoms with van der Waals surface area (Å²) in [7, 11) is 1.54. The molecule has 0 saturated carbocycles. The van der Waals surface area contributed by atoms with E-state index in [0.717, 1.165) is 28.6 Å². The van der Waals surface area contributed by atoms with Crippen molar-refractivity contribution in [1.82, 2.24) is 9.78 Å². The Morgan fingerprint density at radius 1 is 1.15 bits per heavy atom. The van der Waals surface area contributed by atoms with Crippen molar-refractivity contribution in [1.29, 1.82) is 0 Å². The summed E-state index contributed by atoms with van der Waals surface area (Å²) in [6.45, 7) is 2.14. The van der Waals surface area contributed by atoms with Gasteiger partial charge in [0, 0.05) is 13.1 Å². The Kier molecular flexibility index (Phi) is 8.61. The SMILES string of the molecule is CCOC(=O)c1cnn([C@@H]2CCCN(c3cc(C(F)(F)F)ccc3OCc3ccc(OC)cc3)C2)c1C(F)F. The molecule has 1 aromatic heterocycles. The summed E-state index contributed by atoms with van der Waals surface area (Å²) >= 11 is 0. The average molecular weight is 554 g/mol. The summed E-state index contributed by atoms with van der Waals surface area (Å²) in [5, 5.41) is 4.05. The molecule has 210 valence electrons. The van der Waals surface area contributed by atoms with Crippen LogP contribution >= 0.6 is 0 Å². The quantitative estimate of drug-likeness (QED) is 0.224. The first-order valence-electron chi connectivity index (χ1n) is 12.4. The lowest BCUT2D eigenvalue weighted by atomic mass is 10.0. The Morgan fingerprint density at radius 3 is 2.54 bits per heavy atom. The molecule has 3 aromatic rings. The van der Waals surface area contributed by atoms with E-state index in [9.17, 15) is 26.7 Å². The van der Waals surface area contributed by atoms with Crippen molar-refractivity contribution in [3.63, 3.8) is 0 Å². The third kappa shape index (κ3) is 6.43. The first-order chi connectivity index (χ1) is 18.6. The third-order valence-electron chi connectivity index (χ3n) is 6.46. The van der Waals surface area contributed by atoms with Crippen molar-refractivity contribution < 1.29 is 41.0 Å². The van der Waals surface area contributed by atoms with Gasteiger partial charge in [0.2, 0.25) is 0 Å². The van der Waals surface area contributed by atoms with E-state index in [4.69, 9.17) is 14.2 Å². The molecule has 0 aliphatic carbocycles. The molecule has 0 unspecified atom stereocenters. The first-order valence-corrected chi connectivity index (χ1v) is 12.4. The van der Waals surface area contributed by atoms with Crippen molar-refractivity contribution in [2.75, 3.05) is 31.7 Å². The standard InChI is InChI=1S/C27H28F5N3O4/c1-3-38-26(36)21-14-33-35(24(21)25(28)29)19-5-4-12-34(15-19)22-13-18(27(30,31)32)8-11-23(22)39-16-17-6-9-20(37-2)10-7-17/h6-11,13-14,19,25H,3-5,12,15-16H2,1-2H3/t19-/m1/s1. The topological polar surface area (TPSA) is 65.8 Å². The molecule has 1 atom stereocenters. The molecule has 1 saturated heterocycles. The molecule has 1 aliphatic rings. The van der Waals surface area contributed by atoms with Gasteiger partial charge in [-0.05, 0) is 55.7 Å². The van der Waals surface area contributed by atoms with Crippen LogP contribution in [0.5, 0.6) is 11.5 Å². The van der Waals surface area contributed by atoms with Crippen molar-refractivity contribution in [3.8, 4) is 11.5 Å². The summed E-state index contributed by atoms with van der Waals surface area (Å²) in [6.07, 6.45) is -5.60. The Balaban J connectivity index is 1.63. The summed E-state index contributed by atoms with van der Waals surface area (Å²) in [6, 6.07) is 9.66. The molecule has 2 aromatic carbocycles. The number of hydrogen-bond donors (Lipinski definition) is 0. The fourth-order valence-electron chi connectivity index (χ4n) is 4.57. The molecule has 12 heteroatoms. The van der Waals surface area contributed by atoms with Crippen LogP contribution in [0.25, 0.3) is 0 Å². The van der Waals surface area contributed by atoms with Crippen LogP contribution in [-0.2, 0) is 17.5 Å². The van der Waals surface area contributed by atoms with Crippen LogP contribution in [0.2, 0.25) is 0 Å². The predicted molar refractivity (Wildman–Crippen MR) is 132 cm³/mol. The summed E-state index contributed by atoms with van der Waals surface area (Å²) in [5.41, 5.74) is -0.776. The Bertz CT molecular complexity index is 1280. The maximum absolute atomic E-state index is 14.0. The Labute approximate surface area is 222 Å². The second kappa shape index (κ2) is 11.9. The normalized spacial score (nSPS) is 15.9. The molecule has 0 radical (unpaired) electrons. The van der Waals surface area contributed by atoms with Crippen molar-refractivity contribution in [2.24, 2.45) is 0 Å². The van der Waals surface area contributed by atoms with Gasteiger partial charge in [-0.1, -0.05) is 12.1 Å². The van der Waals surface area contributed by atoms with E-state index in [2.05, 4.69) is 5.10 Å². The van der Waals surface area contributed by atoms with E-state index in [1.807, 2.05) is 0 Å². The Morgan fingerprint density at radius 2 is 1.90 bits per heavy atom. The average Bonchev–Trinajstić information content (AvgIpc) is 3.38. The zero-order valence-electron chi connectivity index (χ0n) is 21.4. The number of rotatable bonds is 9. The highest BCUT2D eigenvalue weighted by Gasteiger charge is 2.34. The molecular weight excluding hydrogens is 525 g/mol. The zero-order valence-corrected chi connectivity index (χ0v) is 21.4. The number of nitrogens with zero attached hydrogens (tertiary/aromatic N) is 3. The summed E-state index contributed by atoms with van der Waals surface area (Å²) in [5.74, 6) is -0.0266. The van der Waals surface area contributed by atoms with Gasteiger partial charge in [0.1, 0.15) is 29.4 Å². The number of carbonyl (C=O) groups excluding carboxylic acids is 1. The lowest BCUT2D eigenvalue weighted by Crippen LogP contribution is -2.38. The molecule has 1 fully saturated rings. The van der Waals surface area contributed by atoms with E-state index in [0.29, 0.717) is 25.1 Å². The number of alkyl halides is 5. The van der Waals surface area contributed by atoms with Crippen LogP contribution in [0.15, 0.2) is 48.7 Å². The Hall–Kier alpha value is -3.83. The van der Waals surface area contributed by atoms with Gasteiger partial charge in [-0.15, -0.1) is 0 Å². The fourth-order valence-corrected chi connectivity index (χ4v) is 4.57. The van der Waals surface area contributed by atoms with Crippen LogP contribution in [0.3, 0.4) is 0 Å². The van der Waals surface area contributed by atoms with E-state index < -0.39 is 35.9 Å². The van der Waals surface area contributed by atoms with Gasteiger partial charge in [-0.3, -0.25) is 4.68 Å². The maximum atomic E-state index is 14.0. The fraction of sp³-hybridized carbons (Fsp3) is 0.407. The molecular formula is C27H28F5N3O4. The van der Waals surface area contributed by atoms with Crippen LogP contribution in [-0.4, -0.2) is 42.6 Å². The number of piperidine rings is 1. The third-order valence-corrected chi connectivity index (χ3v) is 6.46. The minimum Gasteiger partial charge on any atom is -0.497 e. The van der Waals surface area contributed by atoms with Gasteiger partial charge >= 0.3 is 12.1 Å². The summed E-state index contributed by atoms with van der Waals surface area (Å²) < 4.78 is 85.9. The minimum atomic E-state index is -4.59. The highest BCUT2D eigenvalue weighted by Crippen LogP contribution is 2.40.